The Hall–Kier alpha value is -1.34. The lowest BCUT2D eigenvalue weighted by atomic mass is 9.99. The molecule has 0 fully saturated rings. The number of benzene rings is 1. The van der Waals surface area contributed by atoms with Crippen LogP contribution in [0.25, 0.3) is 0 Å². The minimum atomic E-state index is -4.35. The highest BCUT2D eigenvalue weighted by atomic mass is 79.9. The van der Waals surface area contributed by atoms with Crippen LogP contribution in [0.5, 0.6) is 0 Å². The van der Waals surface area contributed by atoms with Crippen molar-refractivity contribution in [1.29, 1.82) is 0 Å². The van der Waals surface area contributed by atoms with Crippen LogP contribution in [0.3, 0.4) is 0 Å². The Morgan fingerprint density at radius 1 is 1.38 bits per heavy atom. The molecule has 0 bridgehead atoms. The Kier molecular flexibility index (Phi) is 4.73. The van der Waals surface area contributed by atoms with Crippen molar-refractivity contribution in [3.63, 3.8) is 0 Å². The minimum Gasteiger partial charge on any atom is -0.313 e. The molecular formula is C14H15BrF3N3. The van der Waals surface area contributed by atoms with Crippen LogP contribution in [0.2, 0.25) is 0 Å². The molecule has 0 amide bonds. The molecule has 0 aliphatic rings. The standard InChI is InChI=1S/C14H15BrF3N3/c1-19-13(5-9-7-20-21(2)8-9)11-6-10(14(16,17)18)3-4-12(11)15/h3-4,6-8,13,19H,5H2,1-2H3. The summed E-state index contributed by atoms with van der Waals surface area (Å²) in [6.07, 6.45) is -0.218. The van der Waals surface area contributed by atoms with E-state index >= 15 is 0 Å². The molecule has 0 radical (unpaired) electrons. The van der Waals surface area contributed by atoms with Gasteiger partial charge in [-0.25, -0.2) is 0 Å². The molecule has 1 aromatic heterocycles. The molecule has 1 N–H and O–H groups in total. The number of halogens is 4. The molecule has 1 atom stereocenters. The molecule has 0 saturated heterocycles. The fourth-order valence-electron chi connectivity index (χ4n) is 2.17. The molecule has 2 aromatic rings. The monoisotopic (exact) mass is 361 g/mol. The van der Waals surface area contributed by atoms with Crippen LogP contribution < -0.4 is 5.32 Å². The number of hydrogen-bond donors (Lipinski definition) is 1. The Balaban J connectivity index is 2.33. The topological polar surface area (TPSA) is 29.9 Å². The van der Waals surface area contributed by atoms with E-state index in [4.69, 9.17) is 0 Å². The summed E-state index contributed by atoms with van der Waals surface area (Å²) in [5.74, 6) is 0. The Morgan fingerprint density at radius 2 is 2.10 bits per heavy atom. The normalized spacial score (nSPS) is 13.4. The van der Waals surface area contributed by atoms with Crippen molar-refractivity contribution < 1.29 is 13.2 Å². The predicted octanol–water partition coefficient (Wildman–Crippen LogP) is 3.70. The van der Waals surface area contributed by atoms with Crippen molar-refractivity contribution in [2.24, 2.45) is 7.05 Å². The van der Waals surface area contributed by atoms with Gasteiger partial charge in [-0.15, -0.1) is 0 Å². The molecule has 0 aliphatic heterocycles. The summed E-state index contributed by atoms with van der Waals surface area (Å²) in [6.45, 7) is 0. The number of nitrogens with zero attached hydrogens (tertiary/aromatic N) is 2. The van der Waals surface area contributed by atoms with Crippen LogP contribution >= 0.6 is 15.9 Å². The molecule has 21 heavy (non-hydrogen) atoms. The fraction of sp³-hybridized carbons (Fsp3) is 0.357. The van der Waals surface area contributed by atoms with E-state index in [1.807, 2.05) is 6.20 Å². The van der Waals surface area contributed by atoms with Gasteiger partial charge in [0.05, 0.1) is 11.8 Å². The van der Waals surface area contributed by atoms with Crippen molar-refractivity contribution >= 4 is 15.9 Å². The van der Waals surface area contributed by atoms with Crippen LogP contribution in [0.1, 0.15) is 22.7 Å². The van der Waals surface area contributed by atoms with E-state index in [0.717, 1.165) is 11.6 Å². The van der Waals surface area contributed by atoms with Crippen LogP contribution in [0, 0.1) is 0 Å². The van der Waals surface area contributed by atoms with Crippen LogP contribution in [0.4, 0.5) is 13.2 Å². The lowest BCUT2D eigenvalue weighted by Gasteiger charge is -2.19. The van der Waals surface area contributed by atoms with E-state index in [1.165, 1.54) is 12.1 Å². The van der Waals surface area contributed by atoms with Crippen molar-refractivity contribution in [2.45, 2.75) is 18.6 Å². The first-order valence-electron chi connectivity index (χ1n) is 6.32. The summed E-state index contributed by atoms with van der Waals surface area (Å²) in [7, 11) is 3.53. The predicted molar refractivity (Wildman–Crippen MR) is 77.9 cm³/mol. The van der Waals surface area contributed by atoms with Gasteiger partial charge in [0.25, 0.3) is 0 Å². The van der Waals surface area contributed by atoms with E-state index in [1.54, 1.807) is 25.0 Å². The maximum absolute atomic E-state index is 12.8. The highest BCUT2D eigenvalue weighted by molar-refractivity contribution is 9.10. The summed E-state index contributed by atoms with van der Waals surface area (Å²) in [4.78, 5) is 0. The van der Waals surface area contributed by atoms with E-state index in [9.17, 15) is 13.2 Å². The summed E-state index contributed by atoms with van der Waals surface area (Å²) < 4.78 is 40.9. The largest absolute Gasteiger partial charge is 0.416 e. The van der Waals surface area contributed by atoms with E-state index < -0.39 is 11.7 Å². The number of aryl methyl sites for hydroxylation is 1. The molecule has 7 heteroatoms. The molecule has 0 spiro atoms. The van der Waals surface area contributed by atoms with Crippen molar-refractivity contribution in [2.75, 3.05) is 7.05 Å². The third kappa shape index (κ3) is 3.85. The van der Waals surface area contributed by atoms with Gasteiger partial charge in [-0.1, -0.05) is 15.9 Å². The van der Waals surface area contributed by atoms with E-state index in [0.29, 0.717) is 16.5 Å². The Morgan fingerprint density at radius 3 is 2.62 bits per heavy atom. The molecule has 1 heterocycles. The number of rotatable bonds is 4. The van der Waals surface area contributed by atoms with E-state index in [-0.39, 0.29) is 6.04 Å². The zero-order valence-electron chi connectivity index (χ0n) is 11.6. The molecule has 2 rings (SSSR count). The lowest BCUT2D eigenvalue weighted by molar-refractivity contribution is -0.137. The van der Waals surface area contributed by atoms with Gasteiger partial charge in [0.2, 0.25) is 0 Å². The van der Waals surface area contributed by atoms with Gasteiger partial charge >= 0.3 is 6.18 Å². The number of alkyl halides is 3. The molecule has 1 unspecified atom stereocenters. The van der Waals surface area contributed by atoms with Gasteiger partial charge in [-0.3, -0.25) is 4.68 Å². The Labute approximate surface area is 129 Å². The molecule has 0 saturated carbocycles. The van der Waals surface area contributed by atoms with Crippen molar-refractivity contribution in [1.82, 2.24) is 15.1 Å². The number of nitrogens with one attached hydrogen (secondary N) is 1. The van der Waals surface area contributed by atoms with E-state index in [2.05, 4.69) is 26.3 Å². The van der Waals surface area contributed by atoms with Gasteiger partial charge in [0.15, 0.2) is 0 Å². The first-order chi connectivity index (χ1) is 9.81. The number of aromatic nitrogens is 2. The van der Waals surface area contributed by atoms with Crippen LogP contribution in [-0.2, 0) is 19.6 Å². The zero-order valence-corrected chi connectivity index (χ0v) is 13.2. The second-order valence-corrected chi connectivity index (χ2v) is 5.66. The summed E-state index contributed by atoms with van der Waals surface area (Å²) >= 11 is 3.33. The quantitative estimate of drug-likeness (QED) is 0.899. The van der Waals surface area contributed by atoms with Crippen molar-refractivity contribution in [3.05, 3.63) is 51.8 Å². The smallest absolute Gasteiger partial charge is 0.313 e. The molecule has 1 aromatic carbocycles. The van der Waals surface area contributed by atoms with Gasteiger partial charge in [0, 0.05) is 23.8 Å². The average Bonchev–Trinajstić information content (AvgIpc) is 2.81. The summed E-state index contributed by atoms with van der Waals surface area (Å²) in [5, 5.41) is 7.14. The highest BCUT2D eigenvalue weighted by Crippen LogP contribution is 2.34. The second-order valence-electron chi connectivity index (χ2n) is 4.80. The van der Waals surface area contributed by atoms with Gasteiger partial charge in [-0.05, 0) is 42.8 Å². The number of hydrogen-bond acceptors (Lipinski definition) is 2. The third-order valence-corrected chi connectivity index (χ3v) is 3.97. The molecule has 3 nitrogen and oxygen atoms in total. The number of likely N-dealkylation sites (N-methyl/N-ethyl adjacent to an activating group) is 1. The maximum atomic E-state index is 12.8. The van der Waals surface area contributed by atoms with Gasteiger partial charge in [0.1, 0.15) is 0 Å². The summed E-state index contributed by atoms with van der Waals surface area (Å²) in [6, 6.07) is 3.46. The highest BCUT2D eigenvalue weighted by Gasteiger charge is 2.31. The molecule has 0 aliphatic carbocycles. The molecule has 114 valence electrons. The Bertz CT molecular complexity index is 622. The van der Waals surface area contributed by atoms with Crippen LogP contribution in [-0.4, -0.2) is 16.8 Å². The fourth-order valence-corrected chi connectivity index (χ4v) is 2.69. The van der Waals surface area contributed by atoms with Crippen LogP contribution in [0.15, 0.2) is 35.1 Å². The second kappa shape index (κ2) is 6.19. The average molecular weight is 362 g/mol. The molecular weight excluding hydrogens is 347 g/mol. The van der Waals surface area contributed by atoms with Gasteiger partial charge < -0.3 is 5.32 Å². The lowest BCUT2D eigenvalue weighted by Crippen LogP contribution is -2.20. The zero-order chi connectivity index (χ0) is 15.6. The minimum absolute atomic E-state index is 0.231. The third-order valence-electron chi connectivity index (χ3n) is 3.25. The summed E-state index contributed by atoms with van der Waals surface area (Å²) in [5.41, 5.74) is 0.893. The van der Waals surface area contributed by atoms with Gasteiger partial charge in [-0.2, -0.15) is 18.3 Å². The maximum Gasteiger partial charge on any atom is 0.416 e. The first-order valence-corrected chi connectivity index (χ1v) is 7.12. The first kappa shape index (κ1) is 16.0. The van der Waals surface area contributed by atoms with Crippen molar-refractivity contribution in [3.8, 4) is 0 Å². The SMILES string of the molecule is CNC(Cc1cnn(C)c1)c1cc(C(F)(F)F)ccc1Br.